The minimum absolute atomic E-state index is 0.241. The van der Waals surface area contributed by atoms with Crippen LogP contribution < -0.4 is 11.1 Å². The SMILES string of the molecule is O=c1c2ccc3oc4ccccc4c4ccc(c(=O)n1-c1ccc(Cl)cn1)c2c34. The summed E-state index contributed by atoms with van der Waals surface area (Å²) in [6, 6.07) is 18.1. The van der Waals surface area contributed by atoms with E-state index in [1.54, 1.807) is 30.3 Å². The third-order valence-corrected chi connectivity index (χ3v) is 5.55. The molecule has 138 valence electrons. The van der Waals surface area contributed by atoms with Crippen LogP contribution in [0.2, 0.25) is 5.02 Å². The number of pyridine rings is 2. The van der Waals surface area contributed by atoms with E-state index in [9.17, 15) is 9.59 Å². The zero-order valence-corrected chi connectivity index (χ0v) is 15.6. The van der Waals surface area contributed by atoms with Gasteiger partial charge in [-0.1, -0.05) is 35.9 Å². The van der Waals surface area contributed by atoms with Crippen molar-refractivity contribution in [1.82, 2.24) is 9.55 Å². The van der Waals surface area contributed by atoms with Gasteiger partial charge in [-0.05, 0) is 41.8 Å². The van der Waals surface area contributed by atoms with Gasteiger partial charge in [0.2, 0.25) is 0 Å². The lowest BCUT2D eigenvalue weighted by atomic mass is 9.96. The zero-order chi connectivity index (χ0) is 19.7. The van der Waals surface area contributed by atoms with E-state index in [-0.39, 0.29) is 5.82 Å². The molecule has 0 spiro atoms. The van der Waals surface area contributed by atoms with Crippen LogP contribution in [0.3, 0.4) is 0 Å². The van der Waals surface area contributed by atoms with Gasteiger partial charge in [-0.2, -0.15) is 0 Å². The second-order valence-electron chi connectivity index (χ2n) is 6.90. The number of aromatic nitrogens is 2. The number of fused-ring (bicyclic) bond motifs is 2. The van der Waals surface area contributed by atoms with Crippen molar-refractivity contribution in [2.45, 2.75) is 0 Å². The smallest absolute Gasteiger partial charge is 0.267 e. The Kier molecular flexibility index (Phi) is 3.17. The highest BCUT2D eigenvalue weighted by Gasteiger charge is 2.19. The summed E-state index contributed by atoms with van der Waals surface area (Å²) in [6.45, 7) is 0. The summed E-state index contributed by atoms with van der Waals surface area (Å²) in [6.07, 6.45) is 1.41. The number of para-hydroxylation sites is 1. The van der Waals surface area contributed by atoms with Crippen molar-refractivity contribution < 1.29 is 4.42 Å². The van der Waals surface area contributed by atoms with Gasteiger partial charge in [0.25, 0.3) is 11.1 Å². The lowest BCUT2D eigenvalue weighted by Crippen LogP contribution is -2.32. The number of hydrogen-bond donors (Lipinski definition) is 0. The molecule has 0 aliphatic rings. The quantitative estimate of drug-likeness (QED) is 0.292. The lowest BCUT2D eigenvalue weighted by molar-refractivity contribution is 0.662. The highest BCUT2D eigenvalue weighted by Crippen LogP contribution is 2.36. The van der Waals surface area contributed by atoms with Gasteiger partial charge < -0.3 is 4.42 Å². The van der Waals surface area contributed by atoms with Gasteiger partial charge >= 0.3 is 0 Å². The van der Waals surface area contributed by atoms with E-state index in [1.807, 2.05) is 30.3 Å². The van der Waals surface area contributed by atoms with Crippen molar-refractivity contribution in [3.05, 3.63) is 92.6 Å². The van der Waals surface area contributed by atoms with E-state index < -0.39 is 11.1 Å². The molecular formula is C23H11ClN2O3. The van der Waals surface area contributed by atoms with Crippen LogP contribution in [0.15, 0.2) is 80.9 Å². The molecule has 6 rings (SSSR count). The first-order chi connectivity index (χ1) is 14.1. The third-order valence-electron chi connectivity index (χ3n) is 5.33. The van der Waals surface area contributed by atoms with Crippen molar-refractivity contribution in [3.63, 3.8) is 0 Å². The van der Waals surface area contributed by atoms with Gasteiger partial charge in [0.05, 0.1) is 5.02 Å². The summed E-state index contributed by atoms with van der Waals surface area (Å²) in [7, 11) is 0. The van der Waals surface area contributed by atoms with Crippen molar-refractivity contribution in [1.29, 1.82) is 0 Å². The van der Waals surface area contributed by atoms with E-state index >= 15 is 0 Å². The minimum atomic E-state index is -0.417. The van der Waals surface area contributed by atoms with Crippen LogP contribution in [0.1, 0.15) is 0 Å². The molecule has 0 atom stereocenters. The molecule has 6 heteroatoms. The fourth-order valence-corrected chi connectivity index (χ4v) is 4.18. The molecule has 3 aromatic carbocycles. The first-order valence-corrected chi connectivity index (χ1v) is 9.38. The highest BCUT2D eigenvalue weighted by atomic mass is 35.5. The molecule has 0 fully saturated rings. The molecule has 3 heterocycles. The minimum Gasteiger partial charge on any atom is -0.456 e. The summed E-state index contributed by atoms with van der Waals surface area (Å²) in [5.41, 5.74) is 0.557. The van der Waals surface area contributed by atoms with E-state index in [0.29, 0.717) is 26.8 Å². The van der Waals surface area contributed by atoms with Crippen LogP contribution >= 0.6 is 11.6 Å². The molecule has 29 heavy (non-hydrogen) atoms. The summed E-state index contributed by atoms with van der Waals surface area (Å²) in [5, 5.41) is 4.60. The second kappa shape index (κ2) is 5.65. The van der Waals surface area contributed by atoms with Crippen LogP contribution in [-0.4, -0.2) is 9.55 Å². The normalized spacial score (nSPS) is 11.9. The maximum absolute atomic E-state index is 13.3. The van der Waals surface area contributed by atoms with Gasteiger partial charge in [0, 0.05) is 33.1 Å². The van der Waals surface area contributed by atoms with Gasteiger partial charge in [-0.25, -0.2) is 9.55 Å². The van der Waals surface area contributed by atoms with E-state index in [4.69, 9.17) is 16.0 Å². The summed E-state index contributed by atoms with van der Waals surface area (Å²) in [4.78, 5) is 30.7. The van der Waals surface area contributed by atoms with Crippen LogP contribution in [0.25, 0.3) is 49.3 Å². The van der Waals surface area contributed by atoms with Gasteiger partial charge in [0.1, 0.15) is 17.0 Å². The summed E-state index contributed by atoms with van der Waals surface area (Å²) >= 11 is 5.90. The summed E-state index contributed by atoms with van der Waals surface area (Å²) < 4.78 is 7.15. The molecule has 0 bridgehead atoms. The Balaban J connectivity index is 1.86. The number of hydrogen-bond acceptors (Lipinski definition) is 4. The highest BCUT2D eigenvalue weighted by molar-refractivity contribution is 6.30. The Morgan fingerprint density at radius 3 is 2.21 bits per heavy atom. The zero-order valence-electron chi connectivity index (χ0n) is 14.8. The molecule has 6 aromatic rings. The summed E-state index contributed by atoms with van der Waals surface area (Å²) in [5.74, 6) is 0.241. The van der Waals surface area contributed by atoms with Crippen LogP contribution in [0, 0.1) is 0 Å². The van der Waals surface area contributed by atoms with Crippen LogP contribution in [0.5, 0.6) is 0 Å². The Bertz CT molecular complexity index is 1670. The third kappa shape index (κ3) is 2.13. The first-order valence-electron chi connectivity index (χ1n) is 9.01. The molecule has 0 amide bonds. The largest absolute Gasteiger partial charge is 0.456 e. The molecular weight excluding hydrogens is 388 g/mol. The van der Waals surface area contributed by atoms with Gasteiger partial charge in [-0.15, -0.1) is 0 Å². The number of halogens is 1. The molecule has 0 saturated carbocycles. The predicted octanol–water partition coefficient (Wildman–Crippen LogP) is 4.89. The molecule has 0 radical (unpaired) electrons. The second-order valence-corrected chi connectivity index (χ2v) is 7.34. The number of rotatable bonds is 1. The molecule has 0 aliphatic carbocycles. The lowest BCUT2D eigenvalue weighted by Gasteiger charge is -2.13. The Hall–Kier alpha value is -3.70. The average Bonchev–Trinajstić information content (AvgIpc) is 2.74. The Morgan fingerprint density at radius 1 is 0.724 bits per heavy atom. The van der Waals surface area contributed by atoms with E-state index in [0.717, 1.165) is 26.3 Å². The standard InChI is InChI=1S/C23H11ClN2O3/c24-12-5-10-19(25-11-12)26-22(27)15-7-6-14-13-3-1-2-4-17(13)29-18-9-8-16(23(26)28)20(15)21(14)18/h1-11H. The Morgan fingerprint density at radius 2 is 1.45 bits per heavy atom. The van der Waals surface area contributed by atoms with Gasteiger partial charge in [0.15, 0.2) is 0 Å². The van der Waals surface area contributed by atoms with Crippen LogP contribution in [0.4, 0.5) is 0 Å². The van der Waals surface area contributed by atoms with Crippen molar-refractivity contribution in [3.8, 4) is 5.82 Å². The molecule has 0 aliphatic heterocycles. The fraction of sp³-hybridized carbons (Fsp3) is 0. The fourth-order valence-electron chi connectivity index (χ4n) is 4.07. The monoisotopic (exact) mass is 398 g/mol. The van der Waals surface area contributed by atoms with Crippen molar-refractivity contribution in [2.75, 3.05) is 0 Å². The van der Waals surface area contributed by atoms with Gasteiger partial charge in [-0.3, -0.25) is 9.59 Å². The maximum Gasteiger partial charge on any atom is 0.267 e. The molecule has 5 nitrogen and oxygen atoms in total. The van der Waals surface area contributed by atoms with E-state index in [2.05, 4.69) is 4.98 Å². The average molecular weight is 399 g/mol. The van der Waals surface area contributed by atoms with Crippen molar-refractivity contribution >= 4 is 55.1 Å². The van der Waals surface area contributed by atoms with Crippen molar-refractivity contribution in [2.24, 2.45) is 0 Å². The number of nitrogens with zero attached hydrogens (tertiary/aromatic N) is 2. The molecule has 0 saturated heterocycles. The first kappa shape index (κ1) is 16.3. The van der Waals surface area contributed by atoms with Crippen LogP contribution in [-0.2, 0) is 0 Å². The van der Waals surface area contributed by atoms with E-state index in [1.165, 1.54) is 6.20 Å². The predicted molar refractivity (Wildman–Crippen MR) is 115 cm³/mol. The maximum atomic E-state index is 13.3. The Labute approximate surface area is 167 Å². The topological polar surface area (TPSA) is 65.1 Å². The molecule has 0 unspecified atom stereocenters. The number of benzene rings is 3. The molecule has 0 N–H and O–H groups in total. The molecule has 3 aromatic heterocycles.